The van der Waals surface area contributed by atoms with Crippen LogP contribution in [0.1, 0.15) is 0 Å². The van der Waals surface area contributed by atoms with Crippen molar-refractivity contribution >= 4 is 76.6 Å². The maximum atomic E-state index is 6.60. The van der Waals surface area contributed by atoms with E-state index in [0.29, 0.717) is 5.71 Å². The number of para-hydroxylation sites is 3. The molecule has 5 nitrogen and oxygen atoms in total. The van der Waals surface area contributed by atoms with Gasteiger partial charge >= 0.3 is 0 Å². The molecule has 12 aromatic rings. The number of fused-ring (bicyclic) bond motifs is 10. The molecule has 4 aromatic heterocycles. The Hall–Kier alpha value is -7.50. The fourth-order valence-corrected chi connectivity index (χ4v) is 8.67. The van der Waals surface area contributed by atoms with E-state index in [1.54, 1.807) is 0 Å². The van der Waals surface area contributed by atoms with Crippen LogP contribution in [0.3, 0.4) is 0 Å². The maximum Gasteiger partial charge on any atom is 0.247 e. The van der Waals surface area contributed by atoms with E-state index < -0.39 is 0 Å². The predicted octanol–water partition coefficient (Wildman–Crippen LogP) is 13.1. The molecule has 8 aromatic carbocycles. The van der Waals surface area contributed by atoms with Gasteiger partial charge in [0, 0.05) is 38.2 Å². The Morgan fingerprint density at radius 2 is 1.09 bits per heavy atom. The van der Waals surface area contributed by atoms with Crippen LogP contribution in [0.15, 0.2) is 186 Å². The lowest BCUT2D eigenvalue weighted by molar-refractivity contribution is 0.653. The van der Waals surface area contributed by atoms with Crippen LogP contribution in [0, 0.1) is 0 Å². The Morgan fingerprint density at radius 3 is 1.91 bits per heavy atom. The summed E-state index contributed by atoms with van der Waals surface area (Å²) in [6, 6.07) is 64.3. The number of benzene rings is 8. The van der Waals surface area contributed by atoms with E-state index in [1.807, 2.05) is 12.1 Å². The molecule has 0 aliphatic heterocycles. The van der Waals surface area contributed by atoms with Crippen molar-refractivity contribution in [2.45, 2.75) is 0 Å². The van der Waals surface area contributed by atoms with Gasteiger partial charge in [0.2, 0.25) is 5.71 Å². The lowest BCUT2D eigenvalue weighted by Crippen LogP contribution is -2.03. The summed E-state index contributed by atoms with van der Waals surface area (Å²) in [7, 11) is 0. The Labute approximate surface area is 315 Å². The van der Waals surface area contributed by atoms with Gasteiger partial charge in [-0.25, -0.2) is 9.97 Å². The normalized spacial score (nSPS) is 12.0. The van der Waals surface area contributed by atoms with Crippen molar-refractivity contribution in [3.05, 3.63) is 182 Å². The number of aromatic nitrogens is 4. The summed E-state index contributed by atoms with van der Waals surface area (Å²) >= 11 is 0. The second-order valence-corrected chi connectivity index (χ2v) is 14.2. The third-order valence-corrected chi connectivity index (χ3v) is 11.1. The van der Waals surface area contributed by atoms with Crippen molar-refractivity contribution in [3.63, 3.8) is 0 Å². The van der Waals surface area contributed by atoms with Crippen LogP contribution in [0.4, 0.5) is 0 Å². The van der Waals surface area contributed by atoms with Crippen LogP contribution in [-0.2, 0) is 0 Å². The molecular formula is C50H30N4O. The summed E-state index contributed by atoms with van der Waals surface area (Å²) in [5.74, 6) is 0.755. The minimum atomic E-state index is 0.508. The monoisotopic (exact) mass is 702 g/mol. The summed E-state index contributed by atoms with van der Waals surface area (Å²) in [6.45, 7) is 0. The summed E-state index contributed by atoms with van der Waals surface area (Å²) in [6.07, 6.45) is 0. The molecule has 0 aliphatic carbocycles. The van der Waals surface area contributed by atoms with E-state index >= 15 is 0 Å². The molecule has 5 heteroatoms. The zero-order valence-electron chi connectivity index (χ0n) is 29.5. The van der Waals surface area contributed by atoms with Gasteiger partial charge in [0.15, 0.2) is 5.82 Å². The van der Waals surface area contributed by atoms with Gasteiger partial charge in [-0.1, -0.05) is 127 Å². The summed E-state index contributed by atoms with van der Waals surface area (Å²) < 4.78 is 11.3. The van der Waals surface area contributed by atoms with Crippen molar-refractivity contribution in [1.29, 1.82) is 0 Å². The van der Waals surface area contributed by atoms with Crippen LogP contribution >= 0.6 is 0 Å². The zero-order valence-corrected chi connectivity index (χ0v) is 29.5. The van der Waals surface area contributed by atoms with Gasteiger partial charge in [-0.3, -0.25) is 4.57 Å². The Bertz CT molecular complexity index is 3480. The average molecular weight is 703 g/mol. The highest BCUT2D eigenvalue weighted by molar-refractivity contribution is 6.18. The Kier molecular flexibility index (Phi) is 6.27. The number of hydrogen-bond donors (Lipinski definition) is 0. The second kappa shape index (κ2) is 11.5. The maximum absolute atomic E-state index is 6.60. The van der Waals surface area contributed by atoms with Crippen molar-refractivity contribution in [1.82, 2.24) is 19.1 Å². The molecule has 0 aliphatic rings. The van der Waals surface area contributed by atoms with Gasteiger partial charge in [0.1, 0.15) is 16.8 Å². The predicted molar refractivity (Wildman–Crippen MR) is 226 cm³/mol. The molecule has 55 heavy (non-hydrogen) atoms. The molecule has 0 atom stereocenters. The van der Waals surface area contributed by atoms with E-state index in [4.69, 9.17) is 14.4 Å². The molecular weight excluding hydrogens is 673 g/mol. The van der Waals surface area contributed by atoms with E-state index in [1.165, 1.54) is 21.5 Å². The van der Waals surface area contributed by atoms with E-state index in [-0.39, 0.29) is 0 Å². The first kappa shape index (κ1) is 30.0. The Morgan fingerprint density at radius 1 is 0.418 bits per heavy atom. The van der Waals surface area contributed by atoms with Gasteiger partial charge in [-0.05, 0) is 76.5 Å². The van der Waals surface area contributed by atoms with Gasteiger partial charge in [0.05, 0.1) is 22.1 Å². The van der Waals surface area contributed by atoms with Crippen LogP contribution in [0.2, 0.25) is 0 Å². The smallest absolute Gasteiger partial charge is 0.247 e. The minimum absolute atomic E-state index is 0.508. The molecule has 4 heterocycles. The average Bonchev–Trinajstić information content (AvgIpc) is 3.89. The summed E-state index contributed by atoms with van der Waals surface area (Å²) in [5, 5.41) is 7.90. The van der Waals surface area contributed by atoms with Crippen LogP contribution in [0.5, 0.6) is 0 Å². The molecule has 12 rings (SSSR count). The highest BCUT2D eigenvalue weighted by Gasteiger charge is 2.25. The SMILES string of the molecule is c1ccc(-c2ccc3oc4nc(-c5cccc6c5c5ccccc5n6-c5ccccc5)c(-n5c6ccccc6c6cc7ccccc7cc65)nc4c3c2)cc1. The molecule has 0 unspecified atom stereocenters. The van der Waals surface area contributed by atoms with Crippen molar-refractivity contribution in [3.8, 4) is 33.9 Å². The largest absolute Gasteiger partial charge is 0.436 e. The Balaban J connectivity index is 1.24. The van der Waals surface area contributed by atoms with Crippen LogP contribution in [-0.4, -0.2) is 19.1 Å². The van der Waals surface area contributed by atoms with Crippen molar-refractivity contribution in [2.75, 3.05) is 0 Å². The standard InChI is InChI=1S/C50H30N4O/c1-3-14-31(15-4-1)34-26-27-45-40(29-34)48-50(55-45)52-47(38-22-13-25-43-46(38)37-21-10-12-24-42(37)53(43)35-18-5-2-6-19-35)49(51-48)54-41-23-11-9-20-36(41)39-28-32-16-7-8-17-33(32)30-44(39)54/h1-30H. The fraction of sp³-hybridized carbons (Fsp3) is 0. The number of furan rings is 1. The minimum Gasteiger partial charge on any atom is -0.436 e. The molecule has 0 bridgehead atoms. The van der Waals surface area contributed by atoms with Gasteiger partial charge < -0.3 is 8.98 Å². The highest BCUT2D eigenvalue weighted by Crippen LogP contribution is 2.43. The van der Waals surface area contributed by atoms with Gasteiger partial charge in [0.25, 0.3) is 0 Å². The van der Waals surface area contributed by atoms with Crippen molar-refractivity contribution < 1.29 is 4.42 Å². The quantitative estimate of drug-likeness (QED) is 0.183. The molecule has 0 spiro atoms. The topological polar surface area (TPSA) is 48.8 Å². The second-order valence-electron chi connectivity index (χ2n) is 14.2. The first-order valence-corrected chi connectivity index (χ1v) is 18.6. The fourth-order valence-electron chi connectivity index (χ4n) is 8.67. The van der Waals surface area contributed by atoms with Gasteiger partial charge in [-0.15, -0.1) is 0 Å². The molecule has 0 N–H and O–H groups in total. The molecule has 0 fully saturated rings. The van der Waals surface area contributed by atoms with Crippen LogP contribution < -0.4 is 0 Å². The lowest BCUT2D eigenvalue weighted by Gasteiger charge is -2.14. The van der Waals surface area contributed by atoms with Crippen molar-refractivity contribution in [2.24, 2.45) is 0 Å². The van der Waals surface area contributed by atoms with E-state index in [0.717, 1.165) is 83.2 Å². The first-order chi connectivity index (χ1) is 27.3. The highest BCUT2D eigenvalue weighted by atomic mass is 16.3. The summed E-state index contributed by atoms with van der Waals surface area (Å²) in [4.78, 5) is 11.1. The van der Waals surface area contributed by atoms with E-state index in [9.17, 15) is 0 Å². The van der Waals surface area contributed by atoms with Crippen LogP contribution in [0.25, 0.3) is 110 Å². The first-order valence-electron chi connectivity index (χ1n) is 18.6. The lowest BCUT2D eigenvalue weighted by atomic mass is 10.0. The molecule has 256 valence electrons. The number of rotatable bonds is 4. The third-order valence-electron chi connectivity index (χ3n) is 11.1. The van der Waals surface area contributed by atoms with E-state index in [2.05, 4.69) is 179 Å². The zero-order chi connectivity index (χ0) is 36.0. The molecule has 0 amide bonds. The molecule has 0 saturated carbocycles. The molecule has 0 radical (unpaired) electrons. The third kappa shape index (κ3) is 4.41. The van der Waals surface area contributed by atoms with Gasteiger partial charge in [-0.2, -0.15) is 0 Å². The number of nitrogens with zero attached hydrogens (tertiary/aromatic N) is 4. The molecule has 0 saturated heterocycles. The summed E-state index contributed by atoms with van der Waals surface area (Å²) in [5.41, 5.74) is 11.5. The number of hydrogen-bond acceptors (Lipinski definition) is 3.